The Bertz CT molecular complexity index is 462. The second-order valence-corrected chi connectivity index (χ2v) is 4.98. The molecule has 0 aliphatic carbocycles. The lowest BCUT2D eigenvalue weighted by Gasteiger charge is -2.35. The van der Waals surface area contributed by atoms with Crippen molar-refractivity contribution in [2.24, 2.45) is 5.92 Å². The maximum absolute atomic E-state index is 11.2. The number of hydrogen-bond donors (Lipinski definition) is 1. The van der Waals surface area contributed by atoms with E-state index in [1.807, 2.05) is 17.9 Å². The number of rotatable bonds is 2. The van der Waals surface area contributed by atoms with Crippen LogP contribution in [0.5, 0.6) is 0 Å². The zero-order valence-corrected chi connectivity index (χ0v) is 10.7. The summed E-state index contributed by atoms with van der Waals surface area (Å²) in [6.07, 6.45) is 0.358. The predicted molar refractivity (Wildman–Crippen MR) is 69.8 cm³/mol. The van der Waals surface area contributed by atoms with Crippen LogP contribution in [0, 0.1) is 23.0 Å². The highest BCUT2D eigenvalue weighted by molar-refractivity contribution is 5.66. The van der Waals surface area contributed by atoms with Crippen LogP contribution in [0.1, 0.15) is 18.9 Å². The van der Waals surface area contributed by atoms with Gasteiger partial charge in [0.2, 0.25) is 0 Å². The van der Waals surface area contributed by atoms with Crippen LogP contribution in [0.3, 0.4) is 0 Å². The second-order valence-electron chi connectivity index (χ2n) is 4.98. The van der Waals surface area contributed by atoms with E-state index in [1.54, 1.807) is 19.1 Å². The summed E-state index contributed by atoms with van der Waals surface area (Å²) in [5.74, 6) is 0.138. The fourth-order valence-electron chi connectivity index (χ4n) is 2.49. The normalized spacial score (nSPS) is 24.1. The van der Waals surface area contributed by atoms with Gasteiger partial charge in [-0.2, -0.15) is 0 Å². The number of hydrogen-bond acceptors (Lipinski definition) is 4. The van der Waals surface area contributed by atoms with E-state index in [9.17, 15) is 15.2 Å². The standard InChI is InChI=1S/C13H18N2O3/c1-9-4-3-5-11(13(9)15(17)18)14-7-6-12(16)10(2)8-14/h3-5,10,12,16H,6-8H2,1-2H3/t10-,12-/m0/s1. The van der Waals surface area contributed by atoms with Crippen molar-refractivity contribution < 1.29 is 10.0 Å². The first kappa shape index (κ1) is 12.8. The van der Waals surface area contributed by atoms with Crippen molar-refractivity contribution >= 4 is 11.4 Å². The molecule has 0 unspecified atom stereocenters. The Hall–Kier alpha value is -1.62. The van der Waals surface area contributed by atoms with Crippen LogP contribution in [-0.4, -0.2) is 29.2 Å². The number of anilines is 1. The molecule has 0 saturated carbocycles. The molecule has 1 aromatic carbocycles. The summed E-state index contributed by atoms with van der Waals surface area (Å²) in [4.78, 5) is 12.8. The molecule has 98 valence electrons. The van der Waals surface area contributed by atoms with Crippen LogP contribution in [0.15, 0.2) is 18.2 Å². The maximum atomic E-state index is 11.2. The summed E-state index contributed by atoms with van der Waals surface area (Å²) in [6, 6.07) is 5.38. The number of benzene rings is 1. The lowest BCUT2D eigenvalue weighted by Crippen LogP contribution is -2.42. The number of aryl methyl sites for hydroxylation is 1. The molecule has 0 spiro atoms. The maximum Gasteiger partial charge on any atom is 0.295 e. The van der Waals surface area contributed by atoms with Gasteiger partial charge in [-0.25, -0.2) is 0 Å². The van der Waals surface area contributed by atoms with Crippen molar-refractivity contribution in [3.8, 4) is 0 Å². The molecular weight excluding hydrogens is 232 g/mol. The molecule has 1 fully saturated rings. The Morgan fingerprint density at radius 2 is 2.22 bits per heavy atom. The van der Waals surface area contributed by atoms with E-state index >= 15 is 0 Å². The fourth-order valence-corrected chi connectivity index (χ4v) is 2.49. The largest absolute Gasteiger partial charge is 0.393 e. The molecule has 1 aromatic rings. The molecule has 0 bridgehead atoms. The molecule has 2 rings (SSSR count). The van der Waals surface area contributed by atoms with Crippen molar-refractivity contribution in [1.29, 1.82) is 0 Å². The average molecular weight is 250 g/mol. The highest BCUT2D eigenvalue weighted by Crippen LogP contribution is 2.33. The molecule has 5 nitrogen and oxygen atoms in total. The van der Waals surface area contributed by atoms with Gasteiger partial charge in [0.15, 0.2) is 0 Å². The number of para-hydroxylation sites is 1. The molecule has 18 heavy (non-hydrogen) atoms. The number of aliphatic hydroxyl groups is 1. The zero-order valence-electron chi connectivity index (χ0n) is 10.7. The van der Waals surface area contributed by atoms with Crippen LogP contribution in [0.25, 0.3) is 0 Å². The quantitative estimate of drug-likeness (QED) is 0.645. The van der Waals surface area contributed by atoms with E-state index in [1.165, 1.54) is 0 Å². The first-order valence-corrected chi connectivity index (χ1v) is 6.17. The first-order valence-electron chi connectivity index (χ1n) is 6.17. The van der Waals surface area contributed by atoms with Crippen molar-refractivity contribution in [3.05, 3.63) is 33.9 Å². The summed E-state index contributed by atoms with van der Waals surface area (Å²) in [6.45, 7) is 5.05. The summed E-state index contributed by atoms with van der Waals surface area (Å²) >= 11 is 0. The van der Waals surface area contributed by atoms with Gasteiger partial charge in [0.05, 0.1) is 11.0 Å². The van der Waals surface area contributed by atoms with Gasteiger partial charge in [0, 0.05) is 18.7 Å². The van der Waals surface area contributed by atoms with Gasteiger partial charge in [-0.15, -0.1) is 0 Å². The SMILES string of the molecule is Cc1cccc(N2CC[C@H](O)[C@@H](C)C2)c1[N+](=O)[O-]. The van der Waals surface area contributed by atoms with Gasteiger partial charge < -0.3 is 10.0 Å². The topological polar surface area (TPSA) is 66.6 Å². The molecule has 1 N–H and O–H groups in total. The second kappa shape index (κ2) is 4.94. The van der Waals surface area contributed by atoms with E-state index in [0.29, 0.717) is 30.8 Å². The van der Waals surface area contributed by atoms with Crippen LogP contribution in [0.4, 0.5) is 11.4 Å². The summed E-state index contributed by atoms with van der Waals surface area (Å²) in [5, 5.41) is 20.9. The summed E-state index contributed by atoms with van der Waals surface area (Å²) < 4.78 is 0. The minimum Gasteiger partial charge on any atom is -0.393 e. The Balaban J connectivity index is 2.34. The lowest BCUT2D eigenvalue weighted by atomic mass is 9.96. The van der Waals surface area contributed by atoms with Crippen LogP contribution in [0.2, 0.25) is 0 Å². The third-order valence-corrected chi connectivity index (χ3v) is 3.60. The average Bonchev–Trinajstić information content (AvgIpc) is 2.32. The Morgan fingerprint density at radius 1 is 1.50 bits per heavy atom. The van der Waals surface area contributed by atoms with E-state index in [2.05, 4.69) is 0 Å². The van der Waals surface area contributed by atoms with E-state index < -0.39 is 0 Å². The van der Waals surface area contributed by atoms with Gasteiger partial charge in [-0.1, -0.05) is 19.1 Å². The Kier molecular flexibility index (Phi) is 3.52. The van der Waals surface area contributed by atoms with Gasteiger partial charge in [0.25, 0.3) is 5.69 Å². The van der Waals surface area contributed by atoms with Gasteiger partial charge in [-0.05, 0) is 25.3 Å². The third-order valence-electron chi connectivity index (χ3n) is 3.60. The predicted octanol–water partition coefficient (Wildman–Crippen LogP) is 2.11. The van der Waals surface area contributed by atoms with Crippen molar-refractivity contribution in [3.63, 3.8) is 0 Å². The molecule has 0 radical (unpaired) electrons. The third kappa shape index (κ3) is 2.31. The zero-order chi connectivity index (χ0) is 13.3. The first-order chi connectivity index (χ1) is 8.50. The van der Waals surface area contributed by atoms with Crippen LogP contribution >= 0.6 is 0 Å². The summed E-state index contributed by atoms with van der Waals surface area (Å²) in [5.41, 5.74) is 1.52. The fraction of sp³-hybridized carbons (Fsp3) is 0.538. The lowest BCUT2D eigenvalue weighted by molar-refractivity contribution is -0.384. The van der Waals surface area contributed by atoms with Crippen molar-refractivity contribution in [1.82, 2.24) is 0 Å². The number of aliphatic hydroxyl groups excluding tert-OH is 1. The monoisotopic (exact) mass is 250 g/mol. The molecular formula is C13H18N2O3. The van der Waals surface area contributed by atoms with Gasteiger partial charge in [0.1, 0.15) is 5.69 Å². The number of nitro benzene ring substituents is 1. The molecule has 1 saturated heterocycles. The minimum absolute atomic E-state index is 0.138. The van der Waals surface area contributed by atoms with Crippen molar-refractivity contribution in [2.75, 3.05) is 18.0 Å². The molecule has 1 aliphatic rings. The smallest absolute Gasteiger partial charge is 0.295 e. The number of nitro groups is 1. The number of piperidine rings is 1. The van der Waals surface area contributed by atoms with E-state index in [-0.39, 0.29) is 22.6 Å². The molecule has 0 aromatic heterocycles. The summed E-state index contributed by atoms with van der Waals surface area (Å²) in [7, 11) is 0. The Labute approximate surface area is 106 Å². The van der Waals surface area contributed by atoms with Crippen molar-refractivity contribution in [2.45, 2.75) is 26.4 Å². The Morgan fingerprint density at radius 3 is 2.83 bits per heavy atom. The van der Waals surface area contributed by atoms with E-state index in [4.69, 9.17) is 0 Å². The van der Waals surface area contributed by atoms with Gasteiger partial charge >= 0.3 is 0 Å². The van der Waals surface area contributed by atoms with Gasteiger partial charge in [-0.3, -0.25) is 10.1 Å². The minimum atomic E-state index is -0.319. The highest BCUT2D eigenvalue weighted by Gasteiger charge is 2.28. The molecule has 0 amide bonds. The molecule has 1 aliphatic heterocycles. The van der Waals surface area contributed by atoms with Crippen LogP contribution < -0.4 is 4.90 Å². The highest BCUT2D eigenvalue weighted by atomic mass is 16.6. The van der Waals surface area contributed by atoms with E-state index in [0.717, 1.165) is 0 Å². The number of nitrogens with zero attached hydrogens (tertiary/aromatic N) is 2. The molecule has 1 heterocycles. The van der Waals surface area contributed by atoms with Crippen LogP contribution in [-0.2, 0) is 0 Å². The molecule has 2 atom stereocenters. The molecule has 5 heteroatoms.